The first-order valence-electron chi connectivity index (χ1n) is 11.4. The Morgan fingerprint density at radius 3 is 2.38 bits per heavy atom. The minimum absolute atomic E-state index is 0.0844. The molecule has 0 unspecified atom stereocenters. The maximum absolute atomic E-state index is 12.5. The maximum Gasteiger partial charge on any atom is 0.251 e. The van der Waals surface area contributed by atoms with Crippen molar-refractivity contribution in [2.24, 2.45) is 0 Å². The van der Waals surface area contributed by atoms with Crippen molar-refractivity contribution < 1.29 is 4.79 Å². The van der Waals surface area contributed by atoms with E-state index in [1.165, 1.54) is 0 Å². The van der Waals surface area contributed by atoms with E-state index in [1.807, 2.05) is 42.9 Å². The molecular weight excluding hydrogens is 430 g/mol. The van der Waals surface area contributed by atoms with Crippen LogP contribution in [0.2, 0.25) is 0 Å². The van der Waals surface area contributed by atoms with Gasteiger partial charge in [-0.1, -0.05) is 17.2 Å². The zero-order chi connectivity index (χ0) is 23.5. The molecular formula is C24H27N9O. The molecule has 10 heteroatoms. The lowest BCUT2D eigenvalue weighted by atomic mass is 10.1. The van der Waals surface area contributed by atoms with Crippen molar-refractivity contribution in [2.75, 3.05) is 42.5 Å². The Bertz CT molecular complexity index is 1280. The molecule has 1 fully saturated rings. The number of hydrogen-bond donors (Lipinski definition) is 1. The molecule has 5 rings (SSSR count). The molecule has 1 aromatic carbocycles. The summed E-state index contributed by atoms with van der Waals surface area (Å²) in [6, 6.07) is 7.67. The number of benzene rings is 1. The van der Waals surface area contributed by atoms with Crippen molar-refractivity contribution in [3.63, 3.8) is 0 Å². The molecule has 4 aromatic rings. The lowest BCUT2D eigenvalue weighted by molar-refractivity contribution is 0.0952. The highest BCUT2D eigenvalue weighted by Crippen LogP contribution is 2.24. The predicted octanol–water partition coefficient (Wildman–Crippen LogP) is 1.99. The Kier molecular flexibility index (Phi) is 6.03. The highest BCUT2D eigenvalue weighted by atomic mass is 16.1. The number of carbonyl (C=O) groups excluding carboxylic acids is 1. The predicted molar refractivity (Wildman–Crippen MR) is 130 cm³/mol. The van der Waals surface area contributed by atoms with Gasteiger partial charge in [0.25, 0.3) is 5.91 Å². The summed E-state index contributed by atoms with van der Waals surface area (Å²) in [7, 11) is 0. The van der Waals surface area contributed by atoms with Crippen LogP contribution in [-0.2, 0) is 6.54 Å². The summed E-state index contributed by atoms with van der Waals surface area (Å²) in [4.78, 5) is 34.7. The summed E-state index contributed by atoms with van der Waals surface area (Å²) in [5.41, 5.74) is 3.58. The van der Waals surface area contributed by atoms with Gasteiger partial charge in [-0.2, -0.15) is 5.10 Å². The highest BCUT2D eigenvalue weighted by molar-refractivity contribution is 5.94. The van der Waals surface area contributed by atoms with Gasteiger partial charge >= 0.3 is 0 Å². The summed E-state index contributed by atoms with van der Waals surface area (Å²) in [5.74, 6) is 1.55. The largest absolute Gasteiger partial charge is 0.352 e. The summed E-state index contributed by atoms with van der Waals surface area (Å²) < 4.78 is 1.82. The fourth-order valence-corrected chi connectivity index (χ4v) is 4.35. The number of nitrogens with one attached hydrogen (secondary N) is 1. The molecule has 1 aliphatic heterocycles. The molecule has 3 aromatic heterocycles. The molecule has 0 aliphatic carbocycles. The monoisotopic (exact) mass is 457 g/mol. The average Bonchev–Trinajstić information content (AvgIpc) is 3.27. The number of amides is 1. The standard InChI is InChI=1S/C24H27N9O/c1-17-12-18(2)14-19(13-17)23(34)25-6-7-33-22-20(15-30-33)21(28-16-29-22)31-8-10-32(11-9-31)24-26-4-3-5-27-24/h3-5,12-16H,6-11H2,1-2H3,(H,25,34). The molecule has 174 valence electrons. The number of fused-ring (bicyclic) bond motifs is 1. The molecule has 10 nitrogen and oxygen atoms in total. The second-order valence-electron chi connectivity index (χ2n) is 8.46. The summed E-state index contributed by atoms with van der Waals surface area (Å²) in [6.45, 7) is 8.21. The fourth-order valence-electron chi connectivity index (χ4n) is 4.35. The van der Waals surface area contributed by atoms with Crippen molar-refractivity contribution in [1.82, 2.24) is 35.0 Å². The van der Waals surface area contributed by atoms with Gasteiger partial charge in [0.2, 0.25) is 5.95 Å². The van der Waals surface area contributed by atoms with Crippen LogP contribution in [0.1, 0.15) is 21.5 Å². The van der Waals surface area contributed by atoms with Crippen LogP contribution in [0, 0.1) is 13.8 Å². The molecule has 0 radical (unpaired) electrons. The molecule has 0 spiro atoms. The van der Waals surface area contributed by atoms with Gasteiger partial charge in [-0.25, -0.2) is 24.6 Å². The quantitative estimate of drug-likeness (QED) is 0.469. The zero-order valence-corrected chi connectivity index (χ0v) is 19.3. The second-order valence-corrected chi connectivity index (χ2v) is 8.46. The fraction of sp³-hybridized carbons (Fsp3) is 0.333. The number of aromatic nitrogens is 6. The molecule has 1 aliphatic rings. The molecule has 1 saturated heterocycles. The lowest BCUT2D eigenvalue weighted by Crippen LogP contribution is -2.47. The van der Waals surface area contributed by atoms with Crippen molar-refractivity contribution in [3.05, 3.63) is 65.9 Å². The van der Waals surface area contributed by atoms with Crippen molar-refractivity contribution in [2.45, 2.75) is 20.4 Å². The van der Waals surface area contributed by atoms with Gasteiger partial charge in [0.05, 0.1) is 18.1 Å². The first-order chi connectivity index (χ1) is 16.6. The topological polar surface area (TPSA) is 105 Å². The summed E-state index contributed by atoms with van der Waals surface area (Å²) in [5, 5.41) is 8.41. The van der Waals surface area contributed by atoms with Crippen LogP contribution < -0.4 is 15.1 Å². The molecule has 1 amide bonds. The minimum atomic E-state index is -0.0844. The van der Waals surface area contributed by atoms with Gasteiger partial charge in [0, 0.05) is 50.7 Å². The third kappa shape index (κ3) is 4.52. The summed E-state index contributed by atoms with van der Waals surface area (Å²) >= 11 is 0. The first-order valence-corrected chi connectivity index (χ1v) is 11.4. The number of piperazine rings is 1. The Hall–Kier alpha value is -4.08. The van der Waals surface area contributed by atoms with Crippen LogP contribution in [-0.4, -0.2) is 68.3 Å². The van der Waals surface area contributed by atoms with Crippen LogP contribution in [0.15, 0.2) is 49.2 Å². The molecule has 34 heavy (non-hydrogen) atoms. The van der Waals surface area contributed by atoms with Crippen molar-refractivity contribution >= 4 is 28.7 Å². The van der Waals surface area contributed by atoms with Gasteiger partial charge in [-0.15, -0.1) is 0 Å². The molecule has 0 bridgehead atoms. The van der Waals surface area contributed by atoms with Gasteiger partial charge in [-0.05, 0) is 32.0 Å². The Morgan fingerprint density at radius 2 is 1.65 bits per heavy atom. The van der Waals surface area contributed by atoms with E-state index in [1.54, 1.807) is 18.7 Å². The SMILES string of the molecule is Cc1cc(C)cc(C(=O)NCCn2ncc3c(N4CCN(c5ncccn5)CC4)ncnc32)c1. The van der Waals surface area contributed by atoms with Crippen molar-refractivity contribution in [1.29, 1.82) is 0 Å². The molecule has 1 N–H and O–H groups in total. The zero-order valence-electron chi connectivity index (χ0n) is 19.3. The normalized spacial score (nSPS) is 13.9. The van der Waals surface area contributed by atoms with Crippen LogP contribution >= 0.6 is 0 Å². The Morgan fingerprint density at radius 1 is 0.941 bits per heavy atom. The third-order valence-corrected chi connectivity index (χ3v) is 5.92. The van der Waals surface area contributed by atoms with E-state index in [0.717, 1.165) is 60.1 Å². The molecule has 4 heterocycles. The lowest BCUT2D eigenvalue weighted by Gasteiger charge is -2.35. The second kappa shape index (κ2) is 9.42. The van der Waals surface area contributed by atoms with E-state index >= 15 is 0 Å². The van der Waals surface area contributed by atoms with E-state index in [4.69, 9.17) is 0 Å². The van der Waals surface area contributed by atoms with E-state index in [-0.39, 0.29) is 5.91 Å². The number of nitrogens with zero attached hydrogens (tertiary/aromatic N) is 8. The van der Waals surface area contributed by atoms with Crippen LogP contribution in [0.5, 0.6) is 0 Å². The maximum atomic E-state index is 12.5. The van der Waals surface area contributed by atoms with Crippen LogP contribution in [0.25, 0.3) is 11.0 Å². The van der Waals surface area contributed by atoms with Gasteiger partial charge in [0.1, 0.15) is 12.1 Å². The smallest absolute Gasteiger partial charge is 0.251 e. The number of hydrogen-bond acceptors (Lipinski definition) is 8. The third-order valence-electron chi connectivity index (χ3n) is 5.92. The van der Waals surface area contributed by atoms with E-state index in [2.05, 4.69) is 46.2 Å². The van der Waals surface area contributed by atoms with E-state index in [9.17, 15) is 4.79 Å². The average molecular weight is 458 g/mol. The number of aryl methyl sites for hydroxylation is 2. The van der Waals surface area contributed by atoms with E-state index in [0.29, 0.717) is 18.7 Å². The van der Waals surface area contributed by atoms with Crippen molar-refractivity contribution in [3.8, 4) is 0 Å². The highest BCUT2D eigenvalue weighted by Gasteiger charge is 2.22. The molecule has 0 atom stereocenters. The Labute approximate surface area is 197 Å². The van der Waals surface area contributed by atoms with E-state index < -0.39 is 0 Å². The van der Waals surface area contributed by atoms with Gasteiger partial charge in [-0.3, -0.25) is 4.79 Å². The number of carbonyl (C=O) groups is 1. The number of anilines is 2. The van der Waals surface area contributed by atoms with Gasteiger partial charge < -0.3 is 15.1 Å². The van der Waals surface area contributed by atoms with Crippen LogP contribution in [0.4, 0.5) is 11.8 Å². The minimum Gasteiger partial charge on any atom is -0.352 e. The summed E-state index contributed by atoms with van der Waals surface area (Å²) in [6.07, 6.45) is 6.92. The first kappa shape index (κ1) is 21.7. The van der Waals surface area contributed by atoms with Gasteiger partial charge in [0.15, 0.2) is 5.65 Å². The Balaban J connectivity index is 1.23. The molecule has 0 saturated carbocycles. The van der Waals surface area contributed by atoms with Crippen LogP contribution in [0.3, 0.4) is 0 Å². The number of rotatable bonds is 6.